The number of nitriles is 1. The van der Waals surface area contributed by atoms with Gasteiger partial charge < -0.3 is 4.74 Å². The van der Waals surface area contributed by atoms with E-state index in [9.17, 15) is 4.79 Å². The molecule has 1 heterocycles. The predicted octanol–water partition coefficient (Wildman–Crippen LogP) is 4.28. The molecule has 0 atom stereocenters. The molecule has 1 aromatic heterocycles. The standard InChI is InChI=1S/C20H18N4O2S2/c1-2-16-5-3-4-6-17(16)26-12-18(25)22-19-23-24-20(28-19)27-13-15-9-7-14(11-21)8-10-15/h3-10H,2,12-13H2,1H3,(H,22,23,25). The van der Waals surface area contributed by atoms with E-state index in [-0.39, 0.29) is 12.5 Å². The molecule has 0 radical (unpaired) electrons. The Morgan fingerprint density at radius 3 is 2.75 bits per heavy atom. The highest BCUT2D eigenvalue weighted by Crippen LogP contribution is 2.28. The van der Waals surface area contributed by atoms with E-state index in [0.29, 0.717) is 16.4 Å². The van der Waals surface area contributed by atoms with Crippen LogP contribution in [0.25, 0.3) is 0 Å². The average Bonchev–Trinajstić information content (AvgIpc) is 3.18. The van der Waals surface area contributed by atoms with Crippen molar-refractivity contribution in [2.24, 2.45) is 0 Å². The van der Waals surface area contributed by atoms with Gasteiger partial charge in [-0.3, -0.25) is 10.1 Å². The van der Waals surface area contributed by atoms with Gasteiger partial charge in [-0.15, -0.1) is 10.2 Å². The number of rotatable bonds is 8. The van der Waals surface area contributed by atoms with Crippen molar-refractivity contribution in [1.29, 1.82) is 5.26 Å². The third-order valence-corrected chi connectivity index (χ3v) is 5.85. The lowest BCUT2D eigenvalue weighted by Gasteiger charge is -2.09. The maximum absolute atomic E-state index is 12.1. The van der Waals surface area contributed by atoms with E-state index in [1.807, 2.05) is 43.3 Å². The number of amides is 1. The quantitative estimate of drug-likeness (QED) is 0.440. The molecule has 0 aliphatic rings. The first kappa shape index (κ1) is 19.9. The summed E-state index contributed by atoms with van der Waals surface area (Å²) in [4.78, 5) is 12.1. The Morgan fingerprint density at radius 1 is 1.21 bits per heavy atom. The van der Waals surface area contributed by atoms with Gasteiger partial charge >= 0.3 is 0 Å². The maximum atomic E-state index is 12.1. The van der Waals surface area contributed by atoms with Gasteiger partial charge in [0.2, 0.25) is 5.13 Å². The number of carbonyl (C=O) groups excluding carboxylic acids is 1. The Kier molecular flexibility index (Phi) is 7.00. The Hall–Kier alpha value is -2.89. The van der Waals surface area contributed by atoms with Crippen LogP contribution in [-0.4, -0.2) is 22.7 Å². The first-order valence-electron chi connectivity index (χ1n) is 8.64. The number of thioether (sulfide) groups is 1. The lowest BCUT2D eigenvalue weighted by Crippen LogP contribution is -2.20. The zero-order valence-corrected chi connectivity index (χ0v) is 16.8. The number of nitrogens with one attached hydrogen (secondary N) is 1. The van der Waals surface area contributed by atoms with E-state index in [1.54, 1.807) is 12.1 Å². The van der Waals surface area contributed by atoms with Gasteiger partial charge in [0.05, 0.1) is 11.6 Å². The van der Waals surface area contributed by atoms with E-state index in [1.165, 1.54) is 23.1 Å². The molecule has 6 nitrogen and oxygen atoms in total. The van der Waals surface area contributed by atoms with Crippen LogP contribution in [0.1, 0.15) is 23.6 Å². The number of ether oxygens (including phenoxy) is 1. The summed E-state index contributed by atoms with van der Waals surface area (Å²) in [6, 6.07) is 17.2. The molecule has 3 rings (SSSR count). The third-order valence-electron chi connectivity index (χ3n) is 3.81. The van der Waals surface area contributed by atoms with Gasteiger partial charge in [-0.1, -0.05) is 60.4 Å². The minimum atomic E-state index is -0.273. The van der Waals surface area contributed by atoms with E-state index < -0.39 is 0 Å². The van der Waals surface area contributed by atoms with Crippen molar-refractivity contribution in [3.05, 3.63) is 65.2 Å². The molecule has 0 saturated carbocycles. The number of para-hydroxylation sites is 1. The number of nitrogens with zero attached hydrogens (tertiary/aromatic N) is 3. The summed E-state index contributed by atoms with van der Waals surface area (Å²) in [5.41, 5.74) is 2.79. The van der Waals surface area contributed by atoms with Crippen molar-refractivity contribution >= 4 is 34.1 Å². The normalized spacial score (nSPS) is 10.3. The lowest BCUT2D eigenvalue weighted by atomic mass is 10.1. The predicted molar refractivity (Wildman–Crippen MR) is 111 cm³/mol. The fourth-order valence-electron chi connectivity index (χ4n) is 2.37. The molecule has 0 bridgehead atoms. The molecule has 1 amide bonds. The summed E-state index contributed by atoms with van der Waals surface area (Å²) in [6.45, 7) is 1.96. The summed E-state index contributed by atoms with van der Waals surface area (Å²) in [5, 5.41) is 20.1. The topological polar surface area (TPSA) is 87.9 Å². The molecule has 0 spiro atoms. The second-order valence-electron chi connectivity index (χ2n) is 5.77. The van der Waals surface area contributed by atoms with E-state index >= 15 is 0 Å². The molecule has 0 saturated heterocycles. The largest absolute Gasteiger partial charge is 0.483 e. The molecule has 8 heteroatoms. The van der Waals surface area contributed by atoms with Gasteiger partial charge in [-0.25, -0.2) is 0 Å². The van der Waals surface area contributed by atoms with E-state index in [4.69, 9.17) is 10.00 Å². The van der Waals surface area contributed by atoms with Gasteiger partial charge in [0.1, 0.15) is 5.75 Å². The summed E-state index contributed by atoms with van der Waals surface area (Å²) in [6.07, 6.45) is 0.841. The van der Waals surface area contributed by atoms with Crippen LogP contribution in [0.4, 0.5) is 5.13 Å². The molecule has 1 N–H and O–H groups in total. The molecular weight excluding hydrogens is 392 g/mol. The van der Waals surface area contributed by atoms with Gasteiger partial charge in [0, 0.05) is 5.75 Å². The van der Waals surface area contributed by atoms with Crippen molar-refractivity contribution in [2.45, 2.75) is 23.4 Å². The molecule has 0 aliphatic heterocycles. The summed E-state index contributed by atoms with van der Waals surface area (Å²) in [5.74, 6) is 1.16. The summed E-state index contributed by atoms with van der Waals surface area (Å²) >= 11 is 2.85. The molecule has 3 aromatic rings. The number of carbonyl (C=O) groups is 1. The van der Waals surface area contributed by atoms with Crippen LogP contribution >= 0.6 is 23.1 Å². The average molecular weight is 411 g/mol. The monoisotopic (exact) mass is 410 g/mol. The number of anilines is 1. The van der Waals surface area contributed by atoms with Crippen LogP contribution < -0.4 is 10.1 Å². The van der Waals surface area contributed by atoms with Crippen LogP contribution in [0.5, 0.6) is 5.75 Å². The zero-order chi connectivity index (χ0) is 19.8. The molecular formula is C20H18N4O2S2. The zero-order valence-electron chi connectivity index (χ0n) is 15.2. The van der Waals surface area contributed by atoms with Crippen LogP contribution in [0.2, 0.25) is 0 Å². The number of benzene rings is 2. The maximum Gasteiger partial charge on any atom is 0.264 e. The van der Waals surface area contributed by atoms with E-state index in [2.05, 4.69) is 21.6 Å². The van der Waals surface area contributed by atoms with Crippen molar-refractivity contribution in [1.82, 2.24) is 10.2 Å². The van der Waals surface area contributed by atoms with Crippen LogP contribution in [-0.2, 0) is 17.0 Å². The summed E-state index contributed by atoms with van der Waals surface area (Å²) in [7, 11) is 0. The van der Waals surface area contributed by atoms with Crippen molar-refractivity contribution in [2.75, 3.05) is 11.9 Å². The second-order valence-corrected chi connectivity index (χ2v) is 7.97. The van der Waals surface area contributed by atoms with Crippen LogP contribution in [0.15, 0.2) is 52.9 Å². The third kappa shape index (κ3) is 5.55. The SMILES string of the molecule is CCc1ccccc1OCC(=O)Nc1nnc(SCc2ccc(C#N)cc2)s1. The molecule has 0 aliphatic carbocycles. The molecule has 2 aromatic carbocycles. The Balaban J connectivity index is 1.48. The minimum Gasteiger partial charge on any atom is -0.483 e. The van der Waals surface area contributed by atoms with Crippen molar-refractivity contribution < 1.29 is 9.53 Å². The summed E-state index contributed by atoms with van der Waals surface area (Å²) < 4.78 is 6.37. The number of hydrogen-bond acceptors (Lipinski definition) is 7. The highest BCUT2D eigenvalue weighted by atomic mass is 32.2. The smallest absolute Gasteiger partial charge is 0.264 e. The van der Waals surface area contributed by atoms with Crippen LogP contribution in [0, 0.1) is 11.3 Å². The minimum absolute atomic E-state index is 0.0791. The highest BCUT2D eigenvalue weighted by Gasteiger charge is 2.10. The lowest BCUT2D eigenvalue weighted by molar-refractivity contribution is -0.118. The number of aryl methyl sites for hydroxylation is 1. The Bertz CT molecular complexity index is 980. The molecule has 28 heavy (non-hydrogen) atoms. The molecule has 0 unspecified atom stereocenters. The first-order chi connectivity index (χ1) is 13.7. The number of hydrogen-bond donors (Lipinski definition) is 1. The second kappa shape index (κ2) is 9.88. The van der Waals surface area contributed by atoms with Crippen molar-refractivity contribution in [3.63, 3.8) is 0 Å². The molecule has 0 fully saturated rings. The van der Waals surface area contributed by atoms with Gasteiger partial charge in [-0.2, -0.15) is 5.26 Å². The van der Waals surface area contributed by atoms with E-state index in [0.717, 1.165) is 27.6 Å². The number of aromatic nitrogens is 2. The van der Waals surface area contributed by atoms with Gasteiger partial charge in [0.15, 0.2) is 10.9 Å². The first-order valence-corrected chi connectivity index (χ1v) is 10.4. The van der Waals surface area contributed by atoms with Crippen LogP contribution in [0.3, 0.4) is 0 Å². The van der Waals surface area contributed by atoms with Crippen molar-refractivity contribution in [3.8, 4) is 11.8 Å². The molecule has 142 valence electrons. The van der Waals surface area contributed by atoms with Gasteiger partial charge in [-0.05, 0) is 35.7 Å². The highest BCUT2D eigenvalue weighted by molar-refractivity contribution is 8.00. The fourth-order valence-corrected chi connectivity index (χ4v) is 4.10. The fraction of sp³-hybridized carbons (Fsp3) is 0.200. The Labute approximate surface area is 171 Å². The Morgan fingerprint density at radius 2 is 2.00 bits per heavy atom. The van der Waals surface area contributed by atoms with Gasteiger partial charge in [0.25, 0.3) is 5.91 Å².